The number of carbonyl (C=O) groups excluding carboxylic acids is 1. The summed E-state index contributed by atoms with van der Waals surface area (Å²) < 4.78 is 12.9. The lowest BCUT2D eigenvalue weighted by molar-refractivity contribution is 0.104. The molecule has 0 unspecified atom stereocenters. The van der Waals surface area contributed by atoms with Gasteiger partial charge in [-0.25, -0.2) is 4.39 Å². The monoisotopic (exact) mass is 232 g/mol. The molecule has 3 heteroatoms. The number of hydrogen-bond acceptors (Lipinski definition) is 2. The van der Waals surface area contributed by atoms with Gasteiger partial charge in [-0.2, -0.15) is 11.3 Å². The van der Waals surface area contributed by atoms with Gasteiger partial charge in [0.15, 0.2) is 5.78 Å². The maximum atomic E-state index is 12.9. The number of carbonyl (C=O) groups is 1. The van der Waals surface area contributed by atoms with Crippen molar-refractivity contribution in [1.29, 1.82) is 0 Å². The fourth-order valence-corrected chi connectivity index (χ4v) is 1.91. The first-order valence-electron chi connectivity index (χ1n) is 4.76. The zero-order valence-electron chi connectivity index (χ0n) is 8.39. The van der Waals surface area contributed by atoms with Crippen LogP contribution < -0.4 is 0 Å². The Balaban J connectivity index is 2.15. The van der Waals surface area contributed by atoms with Crippen LogP contribution in [0.2, 0.25) is 0 Å². The van der Waals surface area contributed by atoms with Crippen molar-refractivity contribution in [2.75, 3.05) is 0 Å². The molecule has 0 fully saturated rings. The molecule has 0 amide bonds. The minimum atomic E-state index is -0.394. The first-order chi connectivity index (χ1) is 7.75. The summed E-state index contributed by atoms with van der Waals surface area (Å²) in [4.78, 5) is 11.6. The van der Waals surface area contributed by atoms with E-state index in [0.717, 1.165) is 5.56 Å². The third-order valence-corrected chi connectivity index (χ3v) is 2.78. The molecule has 0 saturated carbocycles. The summed E-state index contributed by atoms with van der Waals surface area (Å²) in [5.41, 5.74) is 1.35. The van der Waals surface area contributed by atoms with E-state index in [-0.39, 0.29) is 5.78 Å². The molecule has 0 saturated heterocycles. The molecular weight excluding hydrogens is 223 g/mol. The molecule has 0 N–H and O–H groups in total. The van der Waals surface area contributed by atoms with Crippen LogP contribution in [-0.2, 0) is 0 Å². The fraction of sp³-hybridized carbons (Fsp3) is 0. The Bertz CT molecular complexity index is 514. The topological polar surface area (TPSA) is 17.1 Å². The highest BCUT2D eigenvalue weighted by Gasteiger charge is 2.02. The third kappa shape index (κ3) is 2.64. The molecule has 2 rings (SSSR count). The average Bonchev–Trinajstić information content (AvgIpc) is 2.78. The second-order valence-corrected chi connectivity index (χ2v) is 4.04. The van der Waals surface area contributed by atoms with Gasteiger partial charge in [-0.05, 0) is 40.6 Å². The van der Waals surface area contributed by atoms with Crippen molar-refractivity contribution in [3.05, 3.63) is 64.1 Å². The number of ketones is 1. The van der Waals surface area contributed by atoms with E-state index in [1.54, 1.807) is 23.5 Å². The molecule has 0 aliphatic heterocycles. The minimum Gasteiger partial charge on any atom is -0.289 e. The van der Waals surface area contributed by atoms with E-state index in [2.05, 4.69) is 0 Å². The summed E-state index contributed by atoms with van der Waals surface area (Å²) in [6, 6.07) is 7.60. The van der Waals surface area contributed by atoms with Crippen molar-refractivity contribution in [3.63, 3.8) is 0 Å². The molecule has 1 heterocycles. The van der Waals surface area contributed by atoms with Crippen LogP contribution in [-0.4, -0.2) is 5.78 Å². The van der Waals surface area contributed by atoms with Crippen molar-refractivity contribution < 1.29 is 9.18 Å². The Hall–Kier alpha value is -1.74. The number of rotatable bonds is 3. The van der Waals surface area contributed by atoms with Crippen LogP contribution in [0.15, 0.2) is 47.2 Å². The highest BCUT2D eigenvalue weighted by molar-refractivity contribution is 7.08. The Kier molecular flexibility index (Phi) is 3.27. The highest BCUT2D eigenvalue weighted by Crippen LogP contribution is 2.10. The molecule has 0 aliphatic carbocycles. The molecule has 0 radical (unpaired) electrons. The fourth-order valence-electron chi connectivity index (χ4n) is 1.28. The Morgan fingerprint density at radius 1 is 1.31 bits per heavy atom. The predicted molar refractivity (Wildman–Crippen MR) is 64.1 cm³/mol. The van der Waals surface area contributed by atoms with Gasteiger partial charge < -0.3 is 0 Å². The molecule has 80 valence electrons. The van der Waals surface area contributed by atoms with Gasteiger partial charge in [-0.1, -0.05) is 18.2 Å². The van der Waals surface area contributed by atoms with E-state index >= 15 is 0 Å². The molecule has 0 bridgehead atoms. The number of hydrogen-bond donors (Lipinski definition) is 0. The molecule has 0 atom stereocenters. The molecule has 2 aromatic rings. The van der Waals surface area contributed by atoms with Crippen LogP contribution in [0.1, 0.15) is 15.9 Å². The first kappa shape index (κ1) is 10.8. The van der Waals surface area contributed by atoms with E-state index in [4.69, 9.17) is 0 Å². The van der Waals surface area contributed by atoms with Crippen molar-refractivity contribution >= 4 is 23.2 Å². The third-order valence-electron chi connectivity index (χ3n) is 2.08. The van der Waals surface area contributed by atoms with Crippen LogP contribution in [0.25, 0.3) is 6.08 Å². The molecule has 0 spiro atoms. The molecule has 1 aromatic carbocycles. The van der Waals surface area contributed by atoms with Crippen LogP contribution >= 0.6 is 11.3 Å². The molecular formula is C13H9FOS. The van der Waals surface area contributed by atoms with E-state index in [9.17, 15) is 9.18 Å². The van der Waals surface area contributed by atoms with E-state index in [1.165, 1.54) is 24.3 Å². The van der Waals surface area contributed by atoms with Gasteiger partial charge in [0.05, 0.1) is 0 Å². The second-order valence-electron chi connectivity index (χ2n) is 3.26. The summed E-state index contributed by atoms with van der Waals surface area (Å²) >= 11 is 1.57. The van der Waals surface area contributed by atoms with E-state index < -0.39 is 5.82 Å². The van der Waals surface area contributed by atoms with Crippen molar-refractivity contribution in [2.24, 2.45) is 0 Å². The van der Waals surface area contributed by atoms with Crippen LogP contribution in [0.3, 0.4) is 0 Å². The standard InChI is InChI=1S/C13H9FOS/c14-12-3-1-2-11(8-12)13(15)5-4-10-6-7-16-9-10/h1-9H. The first-order valence-corrected chi connectivity index (χ1v) is 5.70. The summed E-state index contributed by atoms with van der Waals surface area (Å²) in [7, 11) is 0. The minimum absolute atomic E-state index is 0.189. The smallest absolute Gasteiger partial charge is 0.185 e. The lowest BCUT2D eigenvalue weighted by Crippen LogP contribution is -1.94. The van der Waals surface area contributed by atoms with Crippen molar-refractivity contribution in [3.8, 4) is 0 Å². The number of allylic oxidation sites excluding steroid dienone is 1. The number of thiophene rings is 1. The largest absolute Gasteiger partial charge is 0.289 e. The lowest BCUT2D eigenvalue weighted by atomic mass is 10.1. The zero-order valence-corrected chi connectivity index (χ0v) is 9.21. The average molecular weight is 232 g/mol. The van der Waals surface area contributed by atoms with Gasteiger partial charge in [0.2, 0.25) is 0 Å². The Morgan fingerprint density at radius 2 is 2.19 bits per heavy atom. The predicted octanol–water partition coefficient (Wildman–Crippen LogP) is 3.78. The molecule has 0 aliphatic rings. The summed E-state index contributed by atoms with van der Waals surface area (Å²) in [5, 5.41) is 3.88. The van der Waals surface area contributed by atoms with Gasteiger partial charge in [0.1, 0.15) is 5.82 Å². The molecule has 1 nitrogen and oxygen atoms in total. The Morgan fingerprint density at radius 3 is 2.88 bits per heavy atom. The quantitative estimate of drug-likeness (QED) is 0.581. The highest BCUT2D eigenvalue weighted by atomic mass is 32.1. The molecule has 1 aromatic heterocycles. The second kappa shape index (κ2) is 4.86. The van der Waals surface area contributed by atoms with Gasteiger partial charge in [-0.3, -0.25) is 4.79 Å². The van der Waals surface area contributed by atoms with Crippen LogP contribution in [0, 0.1) is 5.82 Å². The molecule has 16 heavy (non-hydrogen) atoms. The van der Waals surface area contributed by atoms with Crippen molar-refractivity contribution in [1.82, 2.24) is 0 Å². The SMILES string of the molecule is O=C(C=Cc1ccsc1)c1cccc(F)c1. The summed E-state index contributed by atoms with van der Waals surface area (Å²) in [6.07, 6.45) is 3.18. The van der Waals surface area contributed by atoms with Gasteiger partial charge >= 0.3 is 0 Å². The van der Waals surface area contributed by atoms with Crippen LogP contribution in [0.5, 0.6) is 0 Å². The van der Waals surface area contributed by atoms with Gasteiger partial charge in [0, 0.05) is 5.56 Å². The maximum Gasteiger partial charge on any atom is 0.185 e. The van der Waals surface area contributed by atoms with Gasteiger partial charge in [-0.15, -0.1) is 0 Å². The Labute approximate surface area is 96.9 Å². The summed E-state index contributed by atoms with van der Waals surface area (Å²) in [5.74, 6) is -0.583. The van der Waals surface area contributed by atoms with Crippen LogP contribution in [0.4, 0.5) is 4.39 Å². The maximum absolute atomic E-state index is 12.9. The zero-order chi connectivity index (χ0) is 11.4. The van der Waals surface area contributed by atoms with Crippen molar-refractivity contribution in [2.45, 2.75) is 0 Å². The number of benzene rings is 1. The lowest BCUT2D eigenvalue weighted by Gasteiger charge is -1.94. The summed E-state index contributed by atoms with van der Waals surface area (Å²) in [6.45, 7) is 0. The van der Waals surface area contributed by atoms with Gasteiger partial charge in [0.25, 0.3) is 0 Å². The van der Waals surface area contributed by atoms with E-state index in [1.807, 2.05) is 16.8 Å². The normalized spacial score (nSPS) is 10.8. The number of halogens is 1. The van der Waals surface area contributed by atoms with E-state index in [0.29, 0.717) is 5.56 Å².